The zero-order valence-corrected chi connectivity index (χ0v) is 11.2. The molecule has 2 nitrogen and oxygen atoms in total. The van der Waals surface area contributed by atoms with Crippen LogP contribution >= 0.6 is 0 Å². The highest BCUT2D eigenvalue weighted by Crippen LogP contribution is 2.38. The molecule has 0 aliphatic carbocycles. The molecule has 1 heterocycles. The minimum atomic E-state index is -0.190. The number of nitrogens with zero attached hydrogens (tertiary/aromatic N) is 1. The maximum Gasteiger partial charge on any atom is 0.127 e. The van der Waals surface area contributed by atoms with Gasteiger partial charge < -0.3 is 10.0 Å². The maximum absolute atomic E-state index is 14.1. The monoisotopic (exact) mass is 250 g/mol. The molecule has 1 aliphatic heterocycles. The molecule has 0 spiro atoms. The van der Waals surface area contributed by atoms with Gasteiger partial charge in [0.15, 0.2) is 0 Å². The van der Waals surface area contributed by atoms with Gasteiger partial charge in [0.05, 0.1) is 0 Å². The summed E-state index contributed by atoms with van der Waals surface area (Å²) in [7, 11) is 2.09. The molecule has 1 fully saturated rings. The van der Waals surface area contributed by atoms with Crippen LogP contribution in [0.5, 0.6) is 5.75 Å². The van der Waals surface area contributed by atoms with Gasteiger partial charge in [0, 0.05) is 12.0 Å². The van der Waals surface area contributed by atoms with E-state index < -0.39 is 0 Å². The van der Waals surface area contributed by atoms with E-state index in [1.54, 1.807) is 6.07 Å². The number of rotatable bonds is 2. The third-order valence-electron chi connectivity index (χ3n) is 4.22. The van der Waals surface area contributed by atoms with E-state index >= 15 is 0 Å². The second-order valence-electron chi connectivity index (χ2n) is 5.49. The van der Waals surface area contributed by atoms with Gasteiger partial charge in [-0.2, -0.15) is 0 Å². The smallest absolute Gasteiger partial charge is 0.127 e. The zero-order chi connectivity index (χ0) is 13.2. The number of aromatic hydroxyl groups is 1. The predicted octanol–water partition coefficient (Wildman–Crippen LogP) is 3.29. The number of benzene rings is 1. The van der Waals surface area contributed by atoms with Gasteiger partial charge in [-0.05, 0) is 56.6 Å². The molecule has 1 aromatic rings. The van der Waals surface area contributed by atoms with Crippen molar-refractivity contribution in [3.05, 3.63) is 29.6 Å². The van der Waals surface area contributed by atoms with Crippen molar-refractivity contribution in [2.45, 2.75) is 38.0 Å². The summed E-state index contributed by atoms with van der Waals surface area (Å²) in [6.45, 7) is 4.05. The summed E-state index contributed by atoms with van der Waals surface area (Å²) in [5.41, 5.74) is 0.521. The van der Waals surface area contributed by atoms with Gasteiger partial charge in [-0.15, -0.1) is 0 Å². The lowest BCUT2D eigenvalue weighted by atomic mass is 9.74. The normalized spacial score (nSPS) is 25.9. The van der Waals surface area contributed by atoms with Gasteiger partial charge >= 0.3 is 0 Å². The van der Waals surface area contributed by atoms with E-state index in [0.717, 1.165) is 32.4 Å². The van der Waals surface area contributed by atoms with Crippen molar-refractivity contribution >= 4 is 0 Å². The van der Waals surface area contributed by atoms with Crippen molar-refractivity contribution in [1.29, 1.82) is 0 Å². The summed E-state index contributed by atoms with van der Waals surface area (Å²) >= 11 is 0. The first kappa shape index (κ1) is 13.3. The first-order valence-corrected chi connectivity index (χ1v) is 6.75. The molecule has 100 valence electrons. The Morgan fingerprint density at radius 2 is 2.17 bits per heavy atom. The Bertz CT molecular complexity index is 421. The summed E-state index contributed by atoms with van der Waals surface area (Å²) in [5, 5.41) is 9.63. The second kappa shape index (κ2) is 5.27. The fraction of sp³-hybridized carbons (Fsp3) is 0.600. The molecule has 0 bridgehead atoms. The minimum absolute atomic E-state index is 0.158. The highest BCUT2D eigenvalue weighted by Gasteiger charge is 2.35. The van der Waals surface area contributed by atoms with Crippen LogP contribution in [0.1, 0.15) is 38.2 Å². The van der Waals surface area contributed by atoms with Crippen LogP contribution in [0.3, 0.4) is 0 Å². The molecule has 2 rings (SSSR count). The minimum Gasteiger partial charge on any atom is -0.508 e. The van der Waals surface area contributed by atoms with Crippen molar-refractivity contribution in [1.82, 2.24) is 4.90 Å². The maximum atomic E-state index is 14.1. The van der Waals surface area contributed by atoms with Gasteiger partial charge in [0.2, 0.25) is 0 Å². The Balaban J connectivity index is 2.44. The van der Waals surface area contributed by atoms with Crippen LogP contribution in [0.25, 0.3) is 0 Å². The molecule has 0 radical (unpaired) electrons. The lowest BCUT2D eigenvalue weighted by Gasteiger charge is -2.35. The molecule has 18 heavy (non-hydrogen) atoms. The van der Waals surface area contributed by atoms with Gasteiger partial charge in [0.1, 0.15) is 11.6 Å². The number of likely N-dealkylation sites (tertiary alicyclic amines) is 1. The summed E-state index contributed by atoms with van der Waals surface area (Å²) in [6.07, 6.45) is 4.18. The van der Waals surface area contributed by atoms with E-state index in [0.29, 0.717) is 5.56 Å². The molecular formula is C15H22FNO. The molecule has 1 aromatic carbocycles. The van der Waals surface area contributed by atoms with Crippen LogP contribution in [-0.2, 0) is 5.41 Å². The largest absolute Gasteiger partial charge is 0.508 e. The first-order valence-electron chi connectivity index (χ1n) is 6.75. The fourth-order valence-corrected chi connectivity index (χ4v) is 3.14. The van der Waals surface area contributed by atoms with Crippen molar-refractivity contribution in [3.63, 3.8) is 0 Å². The third kappa shape index (κ3) is 2.51. The van der Waals surface area contributed by atoms with E-state index in [9.17, 15) is 9.50 Å². The highest BCUT2D eigenvalue weighted by atomic mass is 18.2. The van der Waals surface area contributed by atoms with E-state index in [2.05, 4.69) is 18.9 Å². The van der Waals surface area contributed by atoms with Crippen LogP contribution in [0.15, 0.2) is 18.2 Å². The average molecular weight is 250 g/mol. The lowest BCUT2D eigenvalue weighted by Crippen LogP contribution is -2.37. The van der Waals surface area contributed by atoms with E-state index in [1.165, 1.54) is 18.6 Å². The van der Waals surface area contributed by atoms with Gasteiger partial charge in [-0.3, -0.25) is 0 Å². The van der Waals surface area contributed by atoms with E-state index in [4.69, 9.17) is 0 Å². The number of phenolic OH excluding ortho intramolecular Hbond substituents is 1. The molecule has 0 saturated carbocycles. The fourth-order valence-electron chi connectivity index (χ4n) is 3.14. The molecular weight excluding hydrogens is 228 g/mol. The Morgan fingerprint density at radius 1 is 1.39 bits per heavy atom. The Hall–Kier alpha value is -1.09. The topological polar surface area (TPSA) is 23.5 Å². The molecule has 1 unspecified atom stereocenters. The van der Waals surface area contributed by atoms with Crippen molar-refractivity contribution in [3.8, 4) is 5.75 Å². The summed E-state index contributed by atoms with van der Waals surface area (Å²) in [4.78, 5) is 2.28. The van der Waals surface area contributed by atoms with E-state index in [-0.39, 0.29) is 17.0 Å². The number of likely N-dealkylation sites (N-methyl/N-ethyl adjacent to an activating group) is 1. The van der Waals surface area contributed by atoms with E-state index in [1.807, 2.05) is 0 Å². The second-order valence-corrected chi connectivity index (χ2v) is 5.49. The average Bonchev–Trinajstić information content (AvgIpc) is 2.55. The quantitative estimate of drug-likeness (QED) is 0.870. The summed E-state index contributed by atoms with van der Waals surface area (Å²) < 4.78 is 14.1. The Morgan fingerprint density at radius 3 is 2.89 bits per heavy atom. The first-order chi connectivity index (χ1) is 8.57. The lowest BCUT2D eigenvalue weighted by molar-refractivity contribution is 0.250. The van der Waals surface area contributed by atoms with Crippen LogP contribution in [-0.4, -0.2) is 30.1 Å². The van der Waals surface area contributed by atoms with Crippen LogP contribution in [0, 0.1) is 5.82 Å². The van der Waals surface area contributed by atoms with Gasteiger partial charge in [0.25, 0.3) is 0 Å². The highest BCUT2D eigenvalue weighted by molar-refractivity contribution is 5.35. The summed E-state index contributed by atoms with van der Waals surface area (Å²) in [6, 6.07) is 4.41. The molecule has 0 amide bonds. The Labute approximate surface area is 108 Å². The third-order valence-corrected chi connectivity index (χ3v) is 4.22. The molecule has 3 heteroatoms. The molecule has 1 aliphatic rings. The van der Waals surface area contributed by atoms with Crippen molar-refractivity contribution < 1.29 is 9.50 Å². The van der Waals surface area contributed by atoms with Gasteiger partial charge in [-0.25, -0.2) is 4.39 Å². The Kier molecular flexibility index (Phi) is 3.91. The molecule has 1 saturated heterocycles. The van der Waals surface area contributed by atoms with Crippen molar-refractivity contribution in [2.24, 2.45) is 0 Å². The van der Waals surface area contributed by atoms with Crippen molar-refractivity contribution in [2.75, 3.05) is 20.1 Å². The standard InChI is InChI=1S/C15H22FNO/c1-3-15(8-4-5-9-17(2)11-15)13-10-12(18)6-7-14(13)16/h6-7,10,18H,3-5,8-9,11H2,1-2H3/i16-1. The molecule has 1 atom stereocenters. The number of phenols is 1. The number of halogens is 1. The number of hydrogen-bond donors (Lipinski definition) is 1. The predicted molar refractivity (Wildman–Crippen MR) is 71.4 cm³/mol. The number of hydrogen-bond acceptors (Lipinski definition) is 2. The van der Waals surface area contributed by atoms with Crippen LogP contribution in [0.2, 0.25) is 0 Å². The SMILES string of the molecule is CCC1(c2cc(O)ccc2[18F])CCCCN(C)C1. The van der Waals surface area contributed by atoms with Crippen LogP contribution < -0.4 is 0 Å². The summed E-state index contributed by atoms with van der Waals surface area (Å²) in [5.74, 6) is -0.0314. The van der Waals surface area contributed by atoms with Gasteiger partial charge in [-0.1, -0.05) is 13.3 Å². The molecule has 0 aromatic heterocycles. The van der Waals surface area contributed by atoms with Crippen LogP contribution in [0.4, 0.5) is 4.39 Å². The molecule has 1 N–H and O–H groups in total. The zero-order valence-electron chi connectivity index (χ0n) is 11.2.